The van der Waals surface area contributed by atoms with E-state index in [9.17, 15) is 9.59 Å². The lowest BCUT2D eigenvalue weighted by Gasteiger charge is -2.12. The van der Waals surface area contributed by atoms with Gasteiger partial charge in [0.2, 0.25) is 0 Å². The van der Waals surface area contributed by atoms with Crippen molar-refractivity contribution >= 4 is 33.3 Å². The summed E-state index contributed by atoms with van der Waals surface area (Å²) in [5.74, 6) is -0.891. The molecule has 0 bridgehead atoms. The summed E-state index contributed by atoms with van der Waals surface area (Å²) < 4.78 is 1.09. The molecule has 1 atom stereocenters. The van der Waals surface area contributed by atoms with Gasteiger partial charge >= 0.3 is 5.97 Å². The van der Waals surface area contributed by atoms with Crippen LogP contribution in [0.25, 0.3) is 10.1 Å². The lowest BCUT2D eigenvalue weighted by molar-refractivity contribution is -0.137. The highest BCUT2D eigenvalue weighted by Gasteiger charge is 2.14. The van der Waals surface area contributed by atoms with Crippen molar-refractivity contribution in [2.45, 2.75) is 32.2 Å². The first kappa shape index (κ1) is 14.5. The molecule has 1 heterocycles. The van der Waals surface area contributed by atoms with E-state index in [2.05, 4.69) is 5.32 Å². The number of thiophene rings is 1. The number of nitrogens with one attached hydrogen (secondary N) is 1. The highest BCUT2D eigenvalue weighted by molar-refractivity contribution is 7.17. The Hall–Kier alpha value is -1.88. The molecule has 2 rings (SSSR count). The Morgan fingerprint density at radius 1 is 1.35 bits per heavy atom. The molecule has 0 aliphatic heterocycles. The number of carbonyl (C=O) groups is 2. The first-order chi connectivity index (χ1) is 9.58. The van der Waals surface area contributed by atoms with Crippen LogP contribution in [-0.2, 0) is 4.79 Å². The molecular weight excluding hydrogens is 274 g/mol. The number of carbonyl (C=O) groups excluding carboxylic acids is 1. The standard InChI is InChI=1S/C15H17NO3S/c1-10(5-4-8-14(17)18)16-15(19)12-9-20-13-7-3-2-6-11(12)13/h2-3,6-7,9-10H,4-5,8H2,1H3,(H,16,19)(H,17,18). The number of aliphatic carboxylic acids is 1. The van der Waals surface area contributed by atoms with Crippen LogP contribution in [0.4, 0.5) is 0 Å². The average molecular weight is 291 g/mol. The Morgan fingerprint density at radius 3 is 2.85 bits per heavy atom. The van der Waals surface area contributed by atoms with E-state index >= 15 is 0 Å². The molecule has 0 aliphatic carbocycles. The molecule has 1 amide bonds. The zero-order valence-corrected chi connectivity index (χ0v) is 12.1. The molecule has 1 unspecified atom stereocenters. The van der Waals surface area contributed by atoms with E-state index in [1.807, 2.05) is 36.6 Å². The van der Waals surface area contributed by atoms with E-state index < -0.39 is 5.97 Å². The molecule has 2 aromatic rings. The minimum Gasteiger partial charge on any atom is -0.481 e. The molecule has 0 aliphatic rings. The fourth-order valence-electron chi connectivity index (χ4n) is 2.09. The van der Waals surface area contributed by atoms with Crippen molar-refractivity contribution in [2.24, 2.45) is 0 Å². The second-order valence-electron chi connectivity index (χ2n) is 4.81. The Morgan fingerprint density at radius 2 is 2.10 bits per heavy atom. The Balaban J connectivity index is 1.96. The number of carboxylic acids is 1. The van der Waals surface area contributed by atoms with Gasteiger partial charge in [0.1, 0.15) is 0 Å². The lowest BCUT2D eigenvalue weighted by atomic mass is 10.1. The molecule has 0 radical (unpaired) electrons. The van der Waals surface area contributed by atoms with Gasteiger partial charge in [0.05, 0.1) is 5.56 Å². The van der Waals surface area contributed by atoms with Gasteiger partial charge in [-0.1, -0.05) is 18.2 Å². The number of amides is 1. The van der Waals surface area contributed by atoms with Gasteiger partial charge in [-0.25, -0.2) is 0 Å². The Bertz CT molecular complexity index is 620. The fourth-order valence-corrected chi connectivity index (χ4v) is 3.03. The van der Waals surface area contributed by atoms with Gasteiger partial charge in [0.25, 0.3) is 5.91 Å². The summed E-state index contributed by atoms with van der Waals surface area (Å²) in [7, 11) is 0. The molecule has 1 aromatic heterocycles. The molecular formula is C15H17NO3S. The van der Waals surface area contributed by atoms with Crippen LogP contribution in [0.3, 0.4) is 0 Å². The van der Waals surface area contributed by atoms with Crippen molar-refractivity contribution < 1.29 is 14.7 Å². The zero-order chi connectivity index (χ0) is 14.5. The van der Waals surface area contributed by atoms with Gasteiger partial charge < -0.3 is 10.4 Å². The van der Waals surface area contributed by atoms with Gasteiger partial charge in [-0.3, -0.25) is 9.59 Å². The molecule has 20 heavy (non-hydrogen) atoms. The maximum atomic E-state index is 12.2. The smallest absolute Gasteiger partial charge is 0.303 e. The molecule has 0 saturated heterocycles. The van der Waals surface area contributed by atoms with Crippen LogP contribution in [0, 0.1) is 0 Å². The van der Waals surface area contributed by atoms with E-state index in [0.29, 0.717) is 18.4 Å². The highest BCUT2D eigenvalue weighted by atomic mass is 32.1. The van der Waals surface area contributed by atoms with Crippen molar-refractivity contribution in [1.29, 1.82) is 0 Å². The van der Waals surface area contributed by atoms with E-state index in [0.717, 1.165) is 10.1 Å². The van der Waals surface area contributed by atoms with Crippen LogP contribution < -0.4 is 5.32 Å². The van der Waals surface area contributed by atoms with Crippen molar-refractivity contribution in [3.8, 4) is 0 Å². The third kappa shape index (κ3) is 3.57. The van der Waals surface area contributed by atoms with Crippen molar-refractivity contribution in [3.63, 3.8) is 0 Å². The van der Waals surface area contributed by atoms with Crippen molar-refractivity contribution in [3.05, 3.63) is 35.2 Å². The molecule has 4 nitrogen and oxygen atoms in total. The van der Waals surface area contributed by atoms with Crippen LogP contribution in [-0.4, -0.2) is 23.0 Å². The number of hydrogen-bond donors (Lipinski definition) is 2. The van der Waals surface area contributed by atoms with E-state index in [4.69, 9.17) is 5.11 Å². The predicted octanol–water partition coefficient (Wildman–Crippen LogP) is 3.27. The monoisotopic (exact) mass is 291 g/mol. The predicted molar refractivity (Wildman–Crippen MR) is 80.2 cm³/mol. The second-order valence-corrected chi connectivity index (χ2v) is 5.72. The largest absolute Gasteiger partial charge is 0.481 e. The highest BCUT2D eigenvalue weighted by Crippen LogP contribution is 2.25. The number of fused-ring (bicyclic) bond motifs is 1. The van der Waals surface area contributed by atoms with Gasteiger partial charge in [-0.05, 0) is 25.8 Å². The number of carboxylic acid groups (broad SMARTS) is 1. The number of rotatable bonds is 6. The van der Waals surface area contributed by atoms with Crippen LogP contribution in [0.5, 0.6) is 0 Å². The first-order valence-corrected chi connectivity index (χ1v) is 7.45. The molecule has 0 fully saturated rings. The summed E-state index contributed by atoms with van der Waals surface area (Å²) in [6.45, 7) is 1.90. The number of benzene rings is 1. The van der Waals surface area contributed by atoms with Crippen molar-refractivity contribution in [2.75, 3.05) is 0 Å². The number of hydrogen-bond acceptors (Lipinski definition) is 3. The van der Waals surface area contributed by atoms with E-state index in [1.54, 1.807) is 11.3 Å². The molecule has 106 valence electrons. The quantitative estimate of drug-likeness (QED) is 0.858. The summed E-state index contributed by atoms with van der Waals surface area (Å²) in [5, 5.41) is 14.3. The topological polar surface area (TPSA) is 66.4 Å². The summed E-state index contributed by atoms with van der Waals surface area (Å²) in [5.41, 5.74) is 0.690. The normalized spacial score (nSPS) is 12.2. The van der Waals surface area contributed by atoms with Crippen molar-refractivity contribution in [1.82, 2.24) is 5.32 Å². The minimum atomic E-state index is -0.799. The third-order valence-electron chi connectivity index (χ3n) is 3.13. The zero-order valence-electron chi connectivity index (χ0n) is 11.3. The SMILES string of the molecule is CC(CCCC(=O)O)NC(=O)c1csc2ccccc12. The van der Waals surface area contributed by atoms with Gasteiger partial charge in [0, 0.05) is 27.9 Å². The molecule has 1 aromatic carbocycles. The summed E-state index contributed by atoms with van der Waals surface area (Å²) in [6.07, 6.45) is 1.38. The fraction of sp³-hybridized carbons (Fsp3) is 0.333. The average Bonchev–Trinajstić information content (AvgIpc) is 2.82. The summed E-state index contributed by atoms with van der Waals surface area (Å²) >= 11 is 1.55. The van der Waals surface area contributed by atoms with Gasteiger partial charge in [-0.15, -0.1) is 11.3 Å². The summed E-state index contributed by atoms with van der Waals surface area (Å²) in [6, 6.07) is 7.78. The second kappa shape index (κ2) is 6.52. The maximum absolute atomic E-state index is 12.2. The van der Waals surface area contributed by atoms with Crippen LogP contribution in [0.1, 0.15) is 36.5 Å². The van der Waals surface area contributed by atoms with Crippen LogP contribution in [0.2, 0.25) is 0 Å². The molecule has 5 heteroatoms. The lowest BCUT2D eigenvalue weighted by Crippen LogP contribution is -2.32. The van der Waals surface area contributed by atoms with Crippen LogP contribution in [0.15, 0.2) is 29.6 Å². The molecule has 2 N–H and O–H groups in total. The van der Waals surface area contributed by atoms with Crippen LogP contribution >= 0.6 is 11.3 Å². The minimum absolute atomic E-state index is 0.0273. The van der Waals surface area contributed by atoms with E-state index in [1.165, 1.54) is 0 Å². The first-order valence-electron chi connectivity index (χ1n) is 6.57. The molecule has 0 spiro atoms. The third-order valence-corrected chi connectivity index (χ3v) is 4.09. The van der Waals surface area contributed by atoms with Gasteiger partial charge in [0.15, 0.2) is 0 Å². The summed E-state index contributed by atoms with van der Waals surface area (Å²) in [4.78, 5) is 22.7. The van der Waals surface area contributed by atoms with Gasteiger partial charge in [-0.2, -0.15) is 0 Å². The molecule has 0 saturated carbocycles. The Labute approximate surface area is 121 Å². The van der Waals surface area contributed by atoms with E-state index in [-0.39, 0.29) is 18.4 Å². The Kier molecular flexibility index (Phi) is 4.74. The maximum Gasteiger partial charge on any atom is 0.303 e.